The van der Waals surface area contributed by atoms with Crippen LogP contribution in [0.2, 0.25) is 0 Å². The van der Waals surface area contributed by atoms with Crippen molar-refractivity contribution in [3.05, 3.63) is 12.2 Å². The van der Waals surface area contributed by atoms with E-state index in [1.54, 1.807) is 0 Å². The van der Waals surface area contributed by atoms with E-state index in [9.17, 15) is 0 Å². The number of aliphatic imine (C=N–C) groups is 1. The van der Waals surface area contributed by atoms with E-state index < -0.39 is 0 Å². The summed E-state index contributed by atoms with van der Waals surface area (Å²) in [6.45, 7) is 4.44. The molecule has 0 fully saturated rings. The molecule has 0 aromatic carbocycles. The van der Waals surface area contributed by atoms with Crippen LogP contribution in [0.3, 0.4) is 0 Å². The summed E-state index contributed by atoms with van der Waals surface area (Å²) in [5.74, 6) is 0.953. The highest BCUT2D eigenvalue weighted by Gasteiger charge is 2.09. The van der Waals surface area contributed by atoms with Crippen LogP contribution < -0.4 is 11.1 Å². The average molecular weight is 183 g/mol. The van der Waals surface area contributed by atoms with Crippen molar-refractivity contribution in [1.29, 1.82) is 0 Å². The normalized spacial score (nSPS) is 14.2. The smallest absolute Gasteiger partial charge is 0.213 e. The first-order valence-corrected chi connectivity index (χ1v) is 4.06. The molecule has 1 unspecified atom stereocenters. The Hall–Kier alpha value is -1.59. The summed E-state index contributed by atoms with van der Waals surface area (Å²) >= 11 is 0. The van der Waals surface area contributed by atoms with Gasteiger partial charge in [0.15, 0.2) is 11.8 Å². The lowest BCUT2D eigenvalue weighted by molar-refractivity contribution is 0.404. The lowest BCUT2D eigenvalue weighted by Crippen LogP contribution is -2.34. The summed E-state index contributed by atoms with van der Waals surface area (Å²) in [7, 11) is 0. The zero-order valence-corrected chi connectivity index (χ0v) is 7.69. The van der Waals surface area contributed by atoms with E-state index in [1.807, 2.05) is 13.8 Å². The van der Waals surface area contributed by atoms with Gasteiger partial charge in [0.25, 0.3) is 0 Å². The Kier molecular flexibility index (Phi) is 3.24. The number of aromatic nitrogens is 2. The summed E-state index contributed by atoms with van der Waals surface area (Å²) in [4.78, 5) is 7.85. The highest BCUT2D eigenvalue weighted by molar-refractivity contribution is 5.78. The lowest BCUT2D eigenvalue weighted by atomic mass is 10.3. The van der Waals surface area contributed by atoms with Crippen LogP contribution in [0.5, 0.6) is 0 Å². The number of nitrogens with zero attached hydrogens (tertiary/aromatic N) is 3. The molecule has 1 atom stereocenters. The Morgan fingerprint density at radius 2 is 2.62 bits per heavy atom. The molecular formula is C7H13N5O. The molecule has 1 heterocycles. The van der Waals surface area contributed by atoms with Crippen molar-refractivity contribution in [3.63, 3.8) is 0 Å². The standard InChI is InChI=1S/C7H13N5O/c1-3-9-7(8)11-5(2)6-10-4-13-12-6/h4-5H,3H2,1-2H3,(H3,8,9,11). The van der Waals surface area contributed by atoms with E-state index in [1.165, 1.54) is 6.39 Å². The first-order chi connectivity index (χ1) is 6.24. The van der Waals surface area contributed by atoms with Gasteiger partial charge in [0.2, 0.25) is 6.39 Å². The van der Waals surface area contributed by atoms with Gasteiger partial charge in [-0.15, -0.1) is 0 Å². The highest BCUT2D eigenvalue weighted by Crippen LogP contribution is 2.03. The minimum atomic E-state index is -0.0888. The van der Waals surface area contributed by atoms with Crippen LogP contribution in [-0.2, 0) is 0 Å². The van der Waals surface area contributed by atoms with Gasteiger partial charge < -0.3 is 15.6 Å². The van der Waals surface area contributed by atoms with Gasteiger partial charge in [0.1, 0.15) is 0 Å². The summed E-state index contributed by atoms with van der Waals surface area (Å²) in [5, 5.41) is 6.60. The quantitative estimate of drug-likeness (QED) is 0.510. The molecule has 6 nitrogen and oxygen atoms in total. The van der Waals surface area contributed by atoms with Gasteiger partial charge in [-0.1, -0.05) is 5.16 Å². The van der Waals surface area contributed by atoms with E-state index in [4.69, 9.17) is 5.73 Å². The molecule has 0 aliphatic heterocycles. The molecule has 0 saturated heterocycles. The molecule has 0 bridgehead atoms. The maximum Gasteiger partial charge on any atom is 0.213 e. The van der Waals surface area contributed by atoms with Crippen LogP contribution in [0.1, 0.15) is 25.7 Å². The van der Waals surface area contributed by atoms with E-state index in [-0.39, 0.29) is 6.04 Å². The second-order valence-corrected chi connectivity index (χ2v) is 2.52. The van der Waals surface area contributed by atoms with E-state index in [2.05, 4.69) is 25.0 Å². The van der Waals surface area contributed by atoms with Crippen LogP contribution in [0.15, 0.2) is 15.9 Å². The fourth-order valence-electron chi connectivity index (χ4n) is 0.872. The van der Waals surface area contributed by atoms with Crippen molar-refractivity contribution < 1.29 is 4.52 Å². The molecule has 0 amide bonds. The van der Waals surface area contributed by atoms with E-state index in [0.29, 0.717) is 18.3 Å². The second kappa shape index (κ2) is 4.44. The fraction of sp³-hybridized carbons (Fsp3) is 0.571. The third kappa shape index (κ3) is 2.73. The predicted molar refractivity (Wildman–Crippen MR) is 48.0 cm³/mol. The molecule has 0 radical (unpaired) electrons. The molecule has 0 aliphatic rings. The average Bonchev–Trinajstić information content (AvgIpc) is 2.55. The Labute approximate surface area is 76.2 Å². The van der Waals surface area contributed by atoms with Crippen LogP contribution in [0, 0.1) is 0 Å². The molecule has 0 aliphatic carbocycles. The predicted octanol–water partition coefficient (Wildman–Crippen LogP) is 0.0548. The van der Waals surface area contributed by atoms with Gasteiger partial charge in [0.05, 0.1) is 6.04 Å². The molecular weight excluding hydrogens is 170 g/mol. The zero-order chi connectivity index (χ0) is 9.68. The van der Waals surface area contributed by atoms with Crippen molar-refractivity contribution >= 4 is 5.96 Å². The molecule has 0 saturated carbocycles. The van der Waals surface area contributed by atoms with Crippen molar-refractivity contribution in [1.82, 2.24) is 15.5 Å². The Morgan fingerprint density at radius 1 is 1.85 bits per heavy atom. The summed E-state index contributed by atoms with van der Waals surface area (Å²) in [6.07, 6.45) is 1.28. The fourth-order valence-corrected chi connectivity index (χ4v) is 0.872. The lowest BCUT2D eigenvalue weighted by Gasteiger charge is -2.09. The second-order valence-electron chi connectivity index (χ2n) is 2.52. The molecule has 1 aromatic rings. The van der Waals surface area contributed by atoms with Crippen LogP contribution >= 0.6 is 0 Å². The Morgan fingerprint density at radius 3 is 3.15 bits per heavy atom. The molecule has 6 heteroatoms. The van der Waals surface area contributed by atoms with Crippen molar-refractivity contribution in [2.45, 2.75) is 19.9 Å². The highest BCUT2D eigenvalue weighted by atomic mass is 16.5. The number of nitrogens with two attached hydrogens (primary N) is 1. The molecule has 1 rings (SSSR count). The third-order valence-electron chi connectivity index (χ3n) is 1.46. The topological polar surface area (TPSA) is 89.3 Å². The molecule has 3 N–H and O–H groups in total. The van der Waals surface area contributed by atoms with Crippen LogP contribution in [-0.4, -0.2) is 22.6 Å². The first-order valence-electron chi connectivity index (χ1n) is 4.06. The van der Waals surface area contributed by atoms with Gasteiger partial charge >= 0.3 is 0 Å². The summed E-state index contributed by atoms with van der Waals surface area (Å²) in [5.41, 5.74) is 5.54. The Balaban J connectivity index is 2.51. The number of nitrogens with one attached hydrogen (secondary N) is 1. The number of rotatable bonds is 3. The number of hydrogen-bond donors (Lipinski definition) is 2. The Bertz CT molecular complexity index is 268. The molecule has 13 heavy (non-hydrogen) atoms. The van der Waals surface area contributed by atoms with Crippen molar-refractivity contribution in [2.75, 3.05) is 6.54 Å². The largest absolute Gasteiger partial charge is 0.370 e. The summed E-state index contributed by atoms with van der Waals surface area (Å²) in [6, 6.07) is -0.0888. The maximum atomic E-state index is 5.54. The molecule has 72 valence electrons. The van der Waals surface area contributed by atoms with Crippen molar-refractivity contribution in [2.24, 2.45) is 10.7 Å². The van der Waals surface area contributed by atoms with E-state index >= 15 is 0 Å². The van der Waals surface area contributed by atoms with Gasteiger partial charge in [-0.05, 0) is 13.8 Å². The molecule has 1 aromatic heterocycles. The van der Waals surface area contributed by atoms with Crippen LogP contribution in [0.25, 0.3) is 0 Å². The monoisotopic (exact) mass is 183 g/mol. The number of hydrogen-bond acceptors (Lipinski definition) is 4. The van der Waals surface area contributed by atoms with Gasteiger partial charge in [-0.2, -0.15) is 4.98 Å². The van der Waals surface area contributed by atoms with Gasteiger partial charge in [0, 0.05) is 6.54 Å². The zero-order valence-electron chi connectivity index (χ0n) is 7.69. The van der Waals surface area contributed by atoms with Gasteiger partial charge in [-0.25, -0.2) is 0 Å². The minimum Gasteiger partial charge on any atom is -0.370 e. The minimum absolute atomic E-state index is 0.0888. The first kappa shape index (κ1) is 9.50. The molecule has 0 spiro atoms. The SMILES string of the molecule is CCN=C(N)NC(C)c1ncon1. The van der Waals surface area contributed by atoms with Crippen molar-refractivity contribution in [3.8, 4) is 0 Å². The van der Waals surface area contributed by atoms with Gasteiger partial charge in [-0.3, -0.25) is 4.99 Å². The third-order valence-corrected chi connectivity index (χ3v) is 1.46. The summed E-state index contributed by atoms with van der Waals surface area (Å²) < 4.78 is 4.60. The number of guanidine groups is 1. The maximum absolute atomic E-state index is 5.54. The van der Waals surface area contributed by atoms with E-state index in [0.717, 1.165) is 0 Å². The van der Waals surface area contributed by atoms with Crippen LogP contribution in [0.4, 0.5) is 0 Å².